The number of hydrogen-bond donors (Lipinski definition) is 2. The fraction of sp³-hybridized carbons (Fsp3) is 0.462. The molecule has 4 heteroatoms. The Morgan fingerprint density at radius 2 is 2.29 bits per heavy atom. The number of amides is 1. The van der Waals surface area contributed by atoms with E-state index in [4.69, 9.17) is 0 Å². The van der Waals surface area contributed by atoms with E-state index in [2.05, 4.69) is 12.6 Å². The topological polar surface area (TPSA) is 40.5 Å². The van der Waals surface area contributed by atoms with Crippen molar-refractivity contribution in [3.05, 3.63) is 29.8 Å². The lowest BCUT2D eigenvalue weighted by atomic mass is 10.0. The van der Waals surface area contributed by atoms with Crippen LogP contribution in [0.2, 0.25) is 0 Å². The van der Waals surface area contributed by atoms with Gasteiger partial charge in [0.15, 0.2) is 0 Å². The molecule has 0 spiro atoms. The number of hydrogen-bond acceptors (Lipinski definition) is 3. The van der Waals surface area contributed by atoms with Crippen LogP contribution >= 0.6 is 12.6 Å². The molecule has 1 aliphatic rings. The Balaban J connectivity index is 2.18. The lowest BCUT2D eigenvalue weighted by molar-refractivity contribution is 0.0503. The third-order valence-corrected chi connectivity index (χ3v) is 3.47. The number of piperidine rings is 1. The largest absolute Gasteiger partial charge is 0.394 e. The van der Waals surface area contributed by atoms with Crippen LogP contribution in [-0.4, -0.2) is 35.1 Å². The summed E-state index contributed by atoms with van der Waals surface area (Å²) >= 11 is 4.24. The molecule has 0 saturated carbocycles. The van der Waals surface area contributed by atoms with Crippen molar-refractivity contribution in [1.29, 1.82) is 0 Å². The summed E-state index contributed by atoms with van der Waals surface area (Å²) in [5.74, 6) is -0.000324. The average Bonchev–Trinajstić information content (AvgIpc) is 2.38. The first-order valence-electron chi connectivity index (χ1n) is 5.93. The van der Waals surface area contributed by atoms with E-state index in [1.54, 1.807) is 17.0 Å². The Morgan fingerprint density at radius 1 is 1.47 bits per heavy atom. The maximum atomic E-state index is 12.3. The zero-order valence-electron chi connectivity index (χ0n) is 9.67. The molecule has 1 aromatic rings. The van der Waals surface area contributed by atoms with E-state index in [0.29, 0.717) is 5.56 Å². The molecule has 0 radical (unpaired) electrons. The first kappa shape index (κ1) is 12.5. The molecule has 1 N–H and O–H groups in total. The summed E-state index contributed by atoms with van der Waals surface area (Å²) in [7, 11) is 0. The molecule has 0 aliphatic carbocycles. The van der Waals surface area contributed by atoms with Gasteiger partial charge in [0.2, 0.25) is 0 Å². The first-order valence-corrected chi connectivity index (χ1v) is 6.38. The van der Waals surface area contributed by atoms with Gasteiger partial charge in [-0.1, -0.05) is 6.07 Å². The Morgan fingerprint density at radius 3 is 3.00 bits per heavy atom. The predicted octanol–water partition coefficient (Wildman–Crippen LogP) is 1.96. The fourth-order valence-electron chi connectivity index (χ4n) is 2.26. The summed E-state index contributed by atoms with van der Waals surface area (Å²) in [6.07, 6.45) is 2.99. The SMILES string of the molecule is O=C(c1cccc(S)c1)N1CCCCC1CO. The van der Waals surface area contributed by atoms with Crippen molar-refractivity contribution < 1.29 is 9.90 Å². The number of nitrogens with zero attached hydrogens (tertiary/aromatic N) is 1. The molecule has 1 heterocycles. The molecular weight excluding hydrogens is 234 g/mol. The van der Waals surface area contributed by atoms with Gasteiger partial charge in [-0.3, -0.25) is 4.79 Å². The van der Waals surface area contributed by atoms with Gasteiger partial charge in [-0.25, -0.2) is 0 Å². The van der Waals surface area contributed by atoms with Crippen LogP contribution in [0.3, 0.4) is 0 Å². The zero-order valence-corrected chi connectivity index (χ0v) is 10.6. The molecular formula is C13H17NO2S. The van der Waals surface area contributed by atoms with E-state index in [0.717, 1.165) is 30.7 Å². The predicted molar refractivity (Wildman–Crippen MR) is 69.5 cm³/mol. The highest BCUT2D eigenvalue weighted by atomic mass is 32.1. The highest BCUT2D eigenvalue weighted by molar-refractivity contribution is 7.80. The molecule has 1 aliphatic heterocycles. The number of thiol groups is 1. The molecule has 92 valence electrons. The van der Waals surface area contributed by atoms with Crippen molar-refractivity contribution in [3.63, 3.8) is 0 Å². The molecule has 17 heavy (non-hydrogen) atoms. The Kier molecular flexibility index (Phi) is 4.07. The number of aliphatic hydroxyl groups excluding tert-OH is 1. The summed E-state index contributed by atoms with van der Waals surface area (Å²) in [5, 5.41) is 9.30. The molecule has 1 unspecified atom stereocenters. The van der Waals surface area contributed by atoms with E-state index in [1.165, 1.54) is 0 Å². The van der Waals surface area contributed by atoms with Crippen molar-refractivity contribution in [2.24, 2.45) is 0 Å². The normalized spacial score (nSPS) is 20.4. The number of carbonyl (C=O) groups excluding carboxylic acids is 1. The third kappa shape index (κ3) is 2.82. The van der Waals surface area contributed by atoms with Gasteiger partial charge >= 0.3 is 0 Å². The van der Waals surface area contributed by atoms with E-state index in [-0.39, 0.29) is 18.6 Å². The third-order valence-electron chi connectivity index (χ3n) is 3.19. The molecule has 1 aromatic carbocycles. The van der Waals surface area contributed by atoms with Gasteiger partial charge < -0.3 is 10.0 Å². The Bertz CT molecular complexity index is 408. The quantitative estimate of drug-likeness (QED) is 0.789. The highest BCUT2D eigenvalue weighted by Gasteiger charge is 2.26. The van der Waals surface area contributed by atoms with E-state index in [1.807, 2.05) is 12.1 Å². The van der Waals surface area contributed by atoms with Crippen molar-refractivity contribution in [2.75, 3.05) is 13.2 Å². The van der Waals surface area contributed by atoms with E-state index in [9.17, 15) is 9.90 Å². The number of carbonyl (C=O) groups is 1. The van der Waals surface area contributed by atoms with Gasteiger partial charge in [0.25, 0.3) is 5.91 Å². The van der Waals surface area contributed by atoms with Gasteiger partial charge in [-0.15, -0.1) is 12.6 Å². The second-order valence-electron chi connectivity index (χ2n) is 4.38. The maximum absolute atomic E-state index is 12.3. The lowest BCUT2D eigenvalue weighted by Gasteiger charge is -2.34. The maximum Gasteiger partial charge on any atom is 0.254 e. The summed E-state index contributed by atoms with van der Waals surface area (Å²) in [4.78, 5) is 14.9. The van der Waals surface area contributed by atoms with Crippen LogP contribution in [0.4, 0.5) is 0 Å². The molecule has 0 aromatic heterocycles. The fourth-order valence-corrected chi connectivity index (χ4v) is 2.49. The van der Waals surface area contributed by atoms with Crippen LogP contribution < -0.4 is 0 Å². The highest BCUT2D eigenvalue weighted by Crippen LogP contribution is 2.20. The van der Waals surface area contributed by atoms with Gasteiger partial charge in [0, 0.05) is 17.0 Å². The monoisotopic (exact) mass is 251 g/mol. The van der Waals surface area contributed by atoms with E-state index < -0.39 is 0 Å². The average molecular weight is 251 g/mol. The standard InChI is InChI=1S/C13H17NO2S/c15-9-11-5-1-2-7-14(11)13(16)10-4-3-6-12(17)8-10/h3-4,6,8,11,15,17H,1-2,5,7,9H2. The number of rotatable bonds is 2. The second-order valence-corrected chi connectivity index (χ2v) is 4.90. The zero-order chi connectivity index (χ0) is 12.3. The second kappa shape index (κ2) is 5.56. The molecule has 1 atom stereocenters. The van der Waals surface area contributed by atoms with Crippen LogP contribution in [-0.2, 0) is 0 Å². The van der Waals surface area contributed by atoms with Crippen molar-refractivity contribution in [2.45, 2.75) is 30.2 Å². The molecule has 0 bridgehead atoms. The molecule has 1 fully saturated rings. The summed E-state index contributed by atoms with van der Waals surface area (Å²) in [5.41, 5.74) is 0.651. The van der Waals surface area contributed by atoms with Crippen molar-refractivity contribution in [1.82, 2.24) is 4.90 Å². The smallest absolute Gasteiger partial charge is 0.254 e. The van der Waals surface area contributed by atoms with Crippen LogP contribution in [0.1, 0.15) is 29.6 Å². The van der Waals surface area contributed by atoms with Crippen molar-refractivity contribution in [3.8, 4) is 0 Å². The minimum atomic E-state index is -0.0279. The first-order chi connectivity index (χ1) is 8.22. The summed E-state index contributed by atoms with van der Waals surface area (Å²) in [6.45, 7) is 0.785. The van der Waals surface area contributed by atoms with Crippen LogP contribution in [0, 0.1) is 0 Å². The van der Waals surface area contributed by atoms with Gasteiger partial charge in [0.1, 0.15) is 0 Å². The lowest BCUT2D eigenvalue weighted by Crippen LogP contribution is -2.45. The Hall–Kier alpha value is -1.00. The number of aliphatic hydroxyl groups is 1. The molecule has 1 amide bonds. The number of likely N-dealkylation sites (tertiary alicyclic amines) is 1. The minimum Gasteiger partial charge on any atom is -0.394 e. The van der Waals surface area contributed by atoms with Crippen LogP contribution in [0.15, 0.2) is 29.2 Å². The van der Waals surface area contributed by atoms with Crippen molar-refractivity contribution >= 4 is 18.5 Å². The Labute approximate surface area is 107 Å². The van der Waals surface area contributed by atoms with Crippen LogP contribution in [0.25, 0.3) is 0 Å². The van der Waals surface area contributed by atoms with Crippen LogP contribution in [0.5, 0.6) is 0 Å². The van der Waals surface area contributed by atoms with E-state index >= 15 is 0 Å². The molecule has 1 saturated heterocycles. The summed E-state index contributed by atoms with van der Waals surface area (Å²) in [6, 6.07) is 7.21. The minimum absolute atomic E-state index is 0.000324. The number of benzene rings is 1. The van der Waals surface area contributed by atoms with Gasteiger partial charge in [-0.05, 0) is 37.5 Å². The van der Waals surface area contributed by atoms with Gasteiger partial charge in [0.05, 0.1) is 12.6 Å². The van der Waals surface area contributed by atoms with Gasteiger partial charge in [-0.2, -0.15) is 0 Å². The summed E-state index contributed by atoms with van der Waals surface area (Å²) < 4.78 is 0. The molecule has 2 rings (SSSR count). The molecule has 3 nitrogen and oxygen atoms in total.